The summed E-state index contributed by atoms with van der Waals surface area (Å²) in [6.07, 6.45) is 4.21. The van der Waals surface area contributed by atoms with E-state index in [9.17, 15) is 9.90 Å². The summed E-state index contributed by atoms with van der Waals surface area (Å²) in [7, 11) is 1.72. The van der Waals surface area contributed by atoms with Crippen molar-refractivity contribution in [1.29, 1.82) is 0 Å². The second-order valence-corrected chi connectivity index (χ2v) is 7.86. The van der Waals surface area contributed by atoms with Crippen molar-refractivity contribution in [2.75, 3.05) is 0 Å². The second kappa shape index (κ2) is 4.36. The lowest BCUT2D eigenvalue weighted by atomic mass is 9.51. The fraction of sp³-hybridized carbons (Fsp3) is 0.688. The van der Waals surface area contributed by atoms with Gasteiger partial charge in [-0.1, -0.05) is 0 Å². The molecule has 4 saturated carbocycles. The molecule has 0 saturated heterocycles. The van der Waals surface area contributed by atoms with Gasteiger partial charge in [-0.3, -0.25) is 9.13 Å². The molecule has 122 valence electrons. The summed E-state index contributed by atoms with van der Waals surface area (Å²) in [6, 6.07) is 0. The lowest BCUT2D eigenvalue weighted by Gasteiger charge is -2.58. The summed E-state index contributed by atoms with van der Waals surface area (Å²) in [5, 5.41) is 10.7. The van der Waals surface area contributed by atoms with Crippen LogP contribution in [0.5, 0.6) is 0 Å². The van der Waals surface area contributed by atoms with E-state index in [0.717, 1.165) is 19.3 Å². The van der Waals surface area contributed by atoms with Gasteiger partial charge in [0.2, 0.25) is 5.28 Å². The smallest absolute Gasteiger partial charge is 0.330 e. The number of rotatable bonds is 1. The lowest BCUT2D eigenvalue weighted by molar-refractivity contribution is -0.127. The number of hydrogen-bond acceptors (Lipinski definition) is 4. The molecule has 4 fully saturated rings. The van der Waals surface area contributed by atoms with Gasteiger partial charge >= 0.3 is 5.69 Å². The average Bonchev–Trinajstić information content (AvgIpc) is 2.76. The topological polar surface area (TPSA) is 72.9 Å². The number of aliphatic hydroxyl groups is 1. The fourth-order valence-electron chi connectivity index (χ4n) is 5.51. The summed E-state index contributed by atoms with van der Waals surface area (Å²) in [5.41, 5.74) is 0.759. The van der Waals surface area contributed by atoms with Crippen LogP contribution in [0.2, 0.25) is 5.28 Å². The first kappa shape index (κ1) is 13.0. The van der Waals surface area contributed by atoms with Gasteiger partial charge in [0, 0.05) is 7.05 Å². The molecule has 0 aromatic carbocycles. The van der Waals surface area contributed by atoms with Gasteiger partial charge in [0.15, 0.2) is 5.65 Å². The van der Waals surface area contributed by atoms with E-state index in [0.29, 0.717) is 29.9 Å². The predicted molar refractivity (Wildman–Crippen MR) is 85.3 cm³/mol. The highest BCUT2D eigenvalue weighted by Crippen LogP contribution is 2.58. The van der Waals surface area contributed by atoms with E-state index < -0.39 is 6.08 Å². The van der Waals surface area contributed by atoms with Gasteiger partial charge in [0.25, 0.3) is 0 Å². The third-order valence-corrected chi connectivity index (χ3v) is 6.42. The average molecular weight is 336 g/mol. The highest BCUT2D eigenvalue weighted by molar-refractivity contribution is 6.28. The summed E-state index contributed by atoms with van der Waals surface area (Å²) < 4.78 is 11.7. The number of imidazole rings is 1. The number of aromatic nitrogens is 4. The normalized spacial score (nSPS) is 42.4. The molecule has 2 aromatic heterocycles. The maximum Gasteiger partial charge on any atom is 0.330 e. The third-order valence-electron chi connectivity index (χ3n) is 6.24. The van der Waals surface area contributed by atoms with Gasteiger partial charge in [-0.2, -0.15) is 4.98 Å². The zero-order chi connectivity index (χ0) is 16.9. The molecule has 2 unspecified atom stereocenters. The van der Waals surface area contributed by atoms with E-state index in [4.69, 9.17) is 13.0 Å². The van der Waals surface area contributed by atoms with Crippen LogP contribution < -0.4 is 5.69 Å². The molecule has 1 N–H and O–H groups in total. The lowest BCUT2D eigenvalue weighted by Crippen LogP contribution is -2.59. The van der Waals surface area contributed by atoms with Crippen LogP contribution in [0.1, 0.15) is 33.5 Å². The molecule has 2 heterocycles. The molecule has 2 aromatic rings. The first-order chi connectivity index (χ1) is 11.3. The molecule has 23 heavy (non-hydrogen) atoms. The summed E-state index contributed by atoms with van der Waals surface area (Å²) in [5.74, 6) is 0.305. The molecule has 4 aliphatic carbocycles. The van der Waals surface area contributed by atoms with Crippen molar-refractivity contribution < 1.29 is 6.48 Å². The summed E-state index contributed by atoms with van der Waals surface area (Å²) in [6.45, 7) is 0. The Morgan fingerprint density at radius 3 is 2.78 bits per heavy atom. The Morgan fingerprint density at radius 1 is 1.39 bits per heavy atom. The Labute approximate surface area is 139 Å². The van der Waals surface area contributed by atoms with Gasteiger partial charge < -0.3 is 5.11 Å². The molecule has 0 radical (unpaired) electrons. The van der Waals surface area contributed by atoms with Crippen LogP contribution in [0.3, 0.4) is 0 Å². The first-order valence-corrected chi connectivity index (χ1v) is 8.52. The van der Waals surface area contributed by atoms with E-state index in [1.807, 2.05) is 0 Å². The van der Waals surface area contributed by atoms with Crippen LogP contribution in [0.4, 0.5) is 0 Å². The molecule has 0 amide bonds. The summed E-state index contributed by atoms with van der Waals surface area (Å²) in [4.78, 5) is 21.3. The quantitative estimate of drug-likeness (QED) is 0.805. The van der Waals surface area contributed by atoms with Crippen LogP contribution in [-0.2, 0) is 12.6 Å². The SMILES string of the molecule is [2H]C1(O)C2CC3CC1CC(n1c(=O)n(C)c4cnc(Cl)nc41)(C3)C2. The van der Waals surface area contributed by atoms with Crippen LogP contribution in [-0.4, -0.2) is 30.3 Å². The Hall–Kier alpha value is -1.40. The second-order valence-electron chi connectivity index (χ2n) is 7.52. The van der Waals surface area contributed by atoms with E-state index >= 15 is 0 Å². The minimum atomic E-state index is -1.36. The number of hydrogen-bond donors (Lipinski definition) is 1. The number of nitrogens with zero attached hydrogens (tertiary/aromatic N) is 4. The summed E-state index contributed by atoms with van der Waals surface area (Å²) >= 11 is 5.99. The highest BCUT2D eigenvalue weighted by atomic mass is 35.5. The standard InChI is InChI=1S/C16H19ClN4O2/c1-20-11-7-18-14(17)19-13(11)21(15(20)23)16-4-8-2-9(5-16)12(22)10(3-8)6-16/h7-10,12,22H,2-6H2,1H3/i12D. The Bertz CT molecular complexity index is 903. The molecule has 0 spiro atoms. The monoisotopic (exact) mass is 335 g/mol. The molecular weight excluding hydrogens is 316 g/mol. The van der Waals surface area contributed by atoms with Crippen LogP contribution in [0.15, 0.2) is 11.0 Å². The van der Waals surface area contributed by atoms with Gasteiger partial charge in [-0.05, 0) is 61.5 Å². The van der Waals surface area contributed by atoms with Crippen LogP contribution in [0.25, 0.3) is 11.2 Å². The van der Waals surface area contributed by atoms with Crippen molar-refractivity contribution in [2.24, 2.45) is 24.8 Å². The molecule has 7 heteroatoms. The Morgan fingerprint density at radius 2 is 2.09 bits per heavy atom. The van der Waals surface area contributed by atoms with Crippen molar-refractivity contribution in [3.8, 4) is 0 Å². The van der Waals surface area contributed by atoms with Crippen molar-refractivity contribution in [1.82, 2.24) is 19.1 Å². The molecule has 4 bridgehead atoms. The largest absolute Gasteiger partial charge is 0.393 e. The predicted octanol–water partition coefficient (Wildman–Crippen LogP) is 1.68. The number of aryl methyl sites for hydroxylation is 1. The molecule has 2 atom stereocenters. The van der Waals surface area contributed by atoms with Crippen molar-refractivity contribution in [2.45, 2.75) is 43.7 Å². The number of halogens is 1. The fourth-order valence-corrected chi connectivity index (χ4v) is 5.64. The third kappa shape index (κ3) is 1.71. The van der Waals surface area contributed by atoms with Crippen molar-refractivity contribution in [3.05, 3.63) is 22.0 Å². The van der Waals surface area contributed by atoms with Gasteiger partial charge in [0.05, 0.1) is 19.2 Å². The Kier molecular flexibility index (Phi) is 2.46. The number of fused-ring (bicyclic) bond motifs is 1. The molecule has 6 rings (SSSR count). The van der Waals surface area contributed by atoms with E-state index in [-0.39, 0.29) is 28.3 Å². The minimum absolute atomic E-state index is 0.0804. The molecule has 6 nitrogen and oxygen atoms in total. The highest BCUT2D eigenvalue weighted by Gasteiger charge is 2.56. The van der Waals surface area contributed by atoms with Crippen LogP contribution in [0, 0.1) is 17.8 Å². The van der Waals surface area contributed by atoms with E-state index in [2.05, 4.69) is 9.97 Å². The molecule has 0 aliphatic heterocycles. The molecule has 4 aliphatic rings. The zero-order valence-electron chi connectivity index (χ0n) is 13.9. The maximum absolute atomic E-state index is 13.0. The Balaban J connectivity index is 1.76. The van der Waals surface area contributed by atoms with Gasteiger partial charge in [0.1, 0.15) is 5.52 Å². The van der Waals surface area contributed by atoms with E-state index in [1.54, 1.807) is 22.4 Å². The van der Waals surface area contributed by atoms with Crippen LogP contribution >= 0.6 is 11.6 Å². The van der Waals surface area contributed by atoms with Crippen molar-refractivity contribution >= 4 is 22.8 Å². The van der Waals surface area contributed by atoms with Gasteiger partial charge in [-0.15, -0.1) is 0 Å². The molecular formula is C16H19ClN4O2. The van der Waals surface area contributed by atoms with Crippen molar-refractivity contribution in [3.63, 3.8) is 0 Å². The first-order valence-electron chi connectivity index (χ1n) is 8.65. The zero-order valence-corrected chi connectivity index (χ0v) is 13.6. The van der Waals surface area contributed by atoms with E-state index in [1.165, 1.54) is 0 Å². The maximum atomic E-state index is 13.0. The van der Waals surface area contributed by atoms with Gasteiger partial charge in [-0.25, -0.2) is 9.78 Å². The minimum Gasteiger partial charge on any atom is -0.393 e.